The predicted octanol–water partition coefficient (Wildman–Crippen LogP) is 5.69. The normalized spacial score (nSPS) is 14.1. The van der Waals surface area contributed by atoms with Crippen LogP contribution in [-0.2, 0) is 0 Å². The van der Waals surface area contributed by atoms with Crippen molar-refractivity contribution in [2.75, 3.05) is 56.9 Å². The van der Waals surface area contributed by atoms with Crippen molar-refractivity contribution in [2.24, 2.45) is 0 Å². The number of hydrogen-bond donors (Lipinski definition) is 2. The molecule has 2 N–H and O–H groups in total. The summed E-state index contributed by atoms with van der Waals surface area (Å²) >= 11 is 12.8. The summed E-state index contributed by atoms with van der Waals surface area (Å²) in [4.78, 5) is 25.2. The first-order chi connectivity index (χ1) is 18.3. The highest BCUT2D eigenvalue weighted by Crippen LogP contribution is 2.44. The number of methoxy groups -OCH3 is 2. The molecule has 1 saturated heterocycles. The van der Waals surface area contributed by atoms with Gasteiger partial charge in [0.05, 0.1) is 19.9 Å². The van der Waals surface area contributed by atoms with Gasteiger partial charge in [-0.3, -0.25) is 4.90 Å². The van der Waals surface area contributed by atoms with E-state index in [-0.39, 0.29) is 21.8 Å². The molecule has 1 aromatic heterocycles. The van der Waals surface area contributed by atoms with Gasteiger partial charge in [-0.1, -0.05) is 29.3 Å². The van der Waals surface area contributed by atoms with Crippen LogP contribution in [0, 0.1) is 0 Å². The summed E-state index contributed by atoms with van der Waals surface area (Å²) in [5, 5.41) is 6.25. The number of amides is 2. The van der Waals surface area contributed by atoms with E-state index in [0.29, 0.717) is 23.1 Å². The number of carbonyl (C=O) groups is 1. The Kier molecular flexibility index (Phi) is 8.98. The zero-order chi connectivity index (χ0) is 27.2. The number of aromatic nitrogens is 2. The summed E-state index contributed by atoms with van der Waals surface area (Å²) in [6.45, 7) is 2.05. The Morgan fingerprint density at radius 2 is 1.74 bits per heavy atom. The van der Waals surface area contributed by atoms with Gasteiger partial charge in [0, 0.05) is 44.0 Å². The molecular formula is C26H30Cl2N6O4. The predicted molar refractivity (Wildman–Crippen MR) is 150 cm³/mol. The van der Waals surface area contributed by atoms with Crippen LogP contribution in [0.5, 0.6) is 17.2 Å². The second-order valence-electron chi connectivity index (χ2n) is 8.81. The van der Waals surface area contributed by atoms with Gasteiger partial charge < -0.3 is 29.7 Å². The molecule has 12 heteroatoms. The van der Waals surface area contributed by atoms with Crippen molar-refractivity contribution in [3.63, 3.8) is 0 Å². The van der Waals surface area contributed by atoms with E-state index in [0.717, 1.165) is 37.4 Å². The lowest BCUT2D eigenvalue weighted by molar-refractivity contribution is 0.114. The fourth-order valence-corrected chi connectivity index (χ4v) is 4.57. The Balaban J connectivity index is 1.45. The van der Waals surface area contributed by atoms with Crippen molar-refractivity contribution in [2.45, 2.75) is 18.9 Å². The number of anilines is 4. The Morgan fingerprint density at radius 3 is 2.39 bits per heavy atom. The molecule has 0 saturated carbocycles. The van der Waals surface area contributed by atoms with Gasteiger partial charge in [-0.25, -0.2) is 14.8 Å². The van der Waals surface area contributed by atoms with E-state index >= 15 is 0 Å². The molecule has 1 aliphatic rings. The van der Waals surface area contributed by atoms with E-state index in [1.54, 1.807) is 19.2 Å². The molecule has 202 valence electrons. The minimum atomic E-state index is -0.526. The van der Waals surface area contributed by atoms with Crippen LogP contribution >= 0.6 is 23.2 Å². The smallest absolute Gasteiger partial charge is 0.327 e. The maximum Gasteiger partial charge on any atom is 0.327 e. The van der Waals surface area contributed by atoms with Crippen LogP contribution in [0.25, 0.3) is 0 Å². The van der Waals surface area contributed by atoms with Crippen LogP contribution in [0.3, 0.4) is 0 Å². The van der Waals surface area contributed by atoms with E-state index in [1.165, 1.54) is 25.4 Å². The van der Waals surface area contributed by atoms with Gasteiger partial charge in [0.25, 0.3) is 0 Å². The molecule has 2 aromatic carbocycles. The maximum absolute atomic E-state index is 13.1. The Hall–Kier alpha value is -3.47. The molecule has 10 nitrogen and oxygen atoms in total. The second kappa shape index (κ2) is 12.4. The monoisotopic (exact) mass is 560 g/mol. The lowest BCUT2D eigenvalue weighted by Gasteiger charge is -2.29. The van der Waals surface area contributed by atoms with Gasteiger partial charge in [0.1, 0.15) is 51.4 Å². The zero-order valence-electron chi connectivity index (χ0n) is 21.6. The molecule has 2 amide bonds. The maximum atomic E-state index is 13.1. The third kappa shape index (κ3) is 6.50. The number of halogens is 2. The molecule has 0 atom stereocenters. The average molecular weight is 561 g/mol. The third-order valence-corrected chi connectivity index (χ3v) is 6.93. The summed E-state index contributed by atoms with van der Waals surface area (Å²) in [7, 11) is 6.60. The summed E-state index contributed by atoms with van der Waals surface area (Å²) < 4.78 is 16.7. The highest BCUT2D eigenvalue weighted by atomic mass is 35.5. The van der Waals surface area contributed by atoms with Crippen LogP contribution in [0.15, 0.2) is 42.7 Å². The van der Waals surface area contributed by atoms with Crippen LogP contribution in [0.4, 0.5) is 27.8 Å². The Bertz CT molecular complexity index is 1260. The van der Waals surface area contributed by atoms with Gasteiger partial charge in [-0.05, 0) is 32.0 Å². The number of ether oxygens (including phenoxy) is 3. The fourth-order valence-electron chi connectivity index (χ4n) is 3.98. The molecule has 0 spiro atoms. The van der Waals surface area contributed by atoms with Gasteiger partial charge >= 0.3 is 6.03 Å². The highest BCUT2D eigenvalue weighted by molar-refractivity contribution is 6.41. The van der Waals surface area contributed by atoms with Gasteiger partial charge in [0.15, 0.2) is 0 Å². The van der Waals surface area contributed by atoms with Gasteiger partial charge in [-0.2, -0.15) is 0 Å². The number of hydrogen-bond acceptors (Lipinski definition) is 8. The number of urea groups is 1. The van der Waals surface area contributed by atoms with E-state index in [1.807, 2.05) is 24.3 Å². The van der Waals surface area contributed by atoms with Crippen molar-refractivity contribution in [1.29, 1.82) is 0 Å². The van der Waals surface area contributed by atoms with Crippen molar-refractivity contribution in [3.8, 4) is 17.2 Å². The Morgan fingerprint density at radius 1 is 1.05 bits per heavy atom. The highest BCUT2D eigenvalue weighted by Gasteiger charge is 2.22. The summed E-state index contributed by atoms with van der Waals surface area (Å²) in [5.41, 5.74) is 0.962. The summed E-state index contributed by atoms with van der Waals surface area (Å²) in [6, 6.07) is 10.4. The largest absolute Gasteiger partial charge is 0.495 e. The molecule has 0 radical (unpaired) electrons. The van der Waals surface area contributed by atoms with Crippen LogP contribution in [0.2, 0.25) is 10.0 Å². The average Bonchev–Trinajstić information content (AvgIpc) is 2.92. The molecular weight excluding hydrogens is 531 g/mol. The van der Waals surface area contributed by atoms with E-state index < -0.39 is 6.03 Å². The van der Waals surface area contributed by atoms with Crippen LogP contribution in [0.1, 0.15) is 12.8 Å². The van der Waals surface area contributed by atoms with Crippen molar-refractivity contribution in [1.82, 2.24) is 14.9 Å². The minimum absolute atomic E-state index is 0.146. The van der Waals surface area contributed by atoms with Gasteiger partial charge in [0.2, 0.25) is 0 Å². The first-order valence-electron chi connectivity index (χ1n) is 12.0. The molecule has 1 fully saturated rings. The zero-order valence-corrected chi connectivity index (χ0v) is 23.1. The fraction of sp³-hybridized carbons (Fsp3) is 0.346. The first kappa shape index (κ1) is 27.6. The SMILES string of the molecule is COc1cc(OC)c(Cl)c(NC(=O)N(C)c2cc(Nc3cccc(OC4CCN(C)CC4)c3)ncn2)c1Cl. The van der Waals surface area contributed by atoms with Crippen molar-refractivity contribution < 1.29 is 19.0 Å². The topological polar surface area (TPSA) is 101 Å². The molecule has 4 rings (SSSR count). The number of likely N-dealkylation sites (tertiary alicyclic amines) is 1. The van der Waals surface area contributed by atoms with Crippen molar-refractivity contribution in [3.05, 3.63) is 52.8 Å². The quantitative estimate of drug-likeness (QED) is 0.362. The lowest BCUT2D eigenvalue weighted by atomic mass is 10.1. The number of benzene rings is 2. The Labute approximate surface area is 231 Å². The van der Waals surface area contributed by atoms with Crippen LogP contribution in [-0.4, -0.2) is 68.4 Å². The number of rotatable bonds is 8. The molecule has 2 heterocycles. The number of nitrogens with one attached hydrogen (secondary N) is 2. The standard InChI is InChI=1S/C26H30Cl2N6O4/c1-33-10-8-17(9-11-33)38-18-7-5-6-16(12-18)31-21-14-22(30-15-29-21)34(2)26(35)32-25-23(27)19(36-3)13-20(37-4)24(25)28/h5-7,12-15,17H,8-11H2,1-4H3,(H,32,35)(H,29,30,31). The van der Waals surface area contributed by atoms with E-state index in [4.69, 9.17) is 37.4 Å². The summed E-state index contributed by atoms with van der Waals surface area (Å²) in [6.07, 6.45) is 3.56. The third-order valence-electron chi connectivity index (χ3n) is 6.18. The molecule has 0 unspecified atom stereocenters. The lowest BCUT2D eigenvalue weighted by Crippen LogP contribution is -2.35. The molecule has 0 aliphatic carbocycles. The number of piperidine rings is 1. The van der Waals surface area contributed by atoms with E-state index in [9.17, 15) is 4.79 Å². The minimum Gasteiger partial charge on any atom is -0.495 e. The number of carbonyl (C=O) groups excluding carboxylic acids is 1. The number of nitrogens with zero attached hydrogens (tertiary/aromatic N) is 4. The first-order valence-corrected chi connectivity index (χ1v) is 12.7. The van der Waals surface area contributed by atoms with Crippen LogP contribution < -0.4 is 29.7 Å². The van der Waals surface area contributed by atoms with E-state index in [2.05, 4.69) is 32.5 Å². The molecule has 3 aromatic rings. The second-order valence-corrected chi connectivity index (χ2v) is 9.56. The molecule has 0 bridgehead atoms. The molecule has 1 aliphatic heterocycles. The van der Waals surface area contributed by atoms with Crippen molar-refractivity contribution >= 4 is 52.2 Å². The van der Waals surface area contributed by atoms with Gasteiger partial charge in [-0.15, -0.1) is 0 Å². The molecule has 38 heavy (non-hydrogen) atoms. The summed E-state index contributed by atoms with van der Waals surface area (Å²) in [5.74, 6) is 2.26.